The van der Waals surface area contributed by atoms with Crippen molar-refractivity contribution in [3.63, 3.8) is 0 Å². The standard InChI is InChI=1S/C23H32BrNO2S/c1-14(2)27-17-8-10-23(11-9-17)13-15-6-7-16(24)12-18(15)19-20(23)21(19)25-28(26)22(3,4)5/h6-7,12,14,17,19-20H,8-11,13H2,1-5H3. The highest BCUT2D eigenvalue weighted by Crippen LogP contribution is 2.65. The van der Waals surface area contributed by atoms with E-state index in [1.807, 2.05) is 20.8 Å². The normalized spacial score (nSPS) is 34.4. The van der Waals surface area contributed by atoms with Gasteiger partial charge in [-0.2, -0.15) is 4.40 Å². The van der Waals surface area contributed by atoms with E-state index >= 15 is 0 Å². The summed E-state index contributed by atoms with van der Waals surface area (Å²) in [5, 5.41) is 0. The first-order chi connectivity index (χ1) is 13.1. The Hall–Kier alpha value is -0.520. The highest BCUT2D eigenvalue weighted by molar-refractivity contribution is 9.10. The predicted octanol–water partition coefficient (Wildman–Crippen LogP) is 5.98. The van der Waals surface area contributed by atoms with Gasteiger partial charge in [0.05, 0.1) is 17.0 Å². The van der Waals surface area contributed by atoms with Crippen LogP contribution in [-0.4, -0.2) is 26.9 Å². The van der Waals surface area contributed by atoms with Crippen LogP contribution in [-0.2, 0) is 22.1 Å². The maximum atomic E-state index is 12.8. The molecule has 0 aliphatic heterocycles. The van der Waals surface area contributed by atoms with Gasteiger partial charge in [-0.05, 0) is 95.4 Å². The fourth-order valence-corrected chi connectivity index (χ4v) is 6.35. The summed E-state index contributed by atoms with van der Waals surface area (Å²) in [5.74, 6) is 0.815. The summed E-state index contributed by atoms with van der Waals surface area (Å²) in [6.07, 6.45) is 6.42. The van der Waals surface area contributed by atoms with Crippen molar-refractivity contribution in [3.05, 3.63) is 33.8 Å². The Morgan fingerprint density at radius 2 is 1.93 bits per heavy atom. The van der Waals surface area contributed by atoms with Crippen molar-refractivity contribution in [2.24, 2.45) is 15.7 Å². The lowest BCUT2D eigenvalue weighted by Gasteiger charge is -2.43. The maximum absolute atomic E-state index is 12.8. The summed E-state index contributed by atoms with van der Waals surface area (Å²) in [6.45, 7) is 10.3. The van der Waals surface area contributed by atoms with Gasteiger partial charge in [0, 0.05) is 22.0 Å². The Balaban J connectivity index is 1.66. The number of benzene rings is 1. The van der Waals surface area contributed by atoms with Crippen LogP contribution in [0.1, 0.15) is 77.3 Å². The summed E-state index contributed by atoms with van der Waals surface area (Å²) < 4.78 is 24.5. The molecule has 0 bridgehead atoms. The minimum atomic E-state index is -1.19. The summed E-state index contributed by atoms with van der Waals surface area (Å²) in [7, 11) is -1.19. The molecule has 2 fully saturated rings. The molecule has 0 N–H and O–H groups in total. The van der Waals surface area contributed by atoms with Crippen LogP contribution in [0.4, 0.5) is 0 Å². The molecule has 3 aliphatic carbocycles. The summed E-state index contributed by atoms with van der Waals surface area (Å²) >= 11 is 3.64. The molecular weight excluding hydrogens is 434 g/mol. The molecular formula is C23H32BrNO2S. The zero-order chi connectivity index (χ0) is 20.3. The molecule has 2 saturated carbocycles. The number of halogens is 1. The first kappa shape index (κ1) is 20.7. The van der Waals surface area contributed by atoms with Crippen LogP contribution in [0.5, 0.6) is 0 Å². The molecule has 0 aromatic heterocycles. The third-order valence-corrected chi connectivity index (χ3v) is 8.53. The monoisotopic (exact) mass is 465 g/mol. The molecule has 3 unspecified atom stereocenters. The minimum Gasteiger partial charge on any atom is -0.376 e. The molecule has 1 spiro atoms. The average Bonchev–Trinajstić information content (AvgIpc) is 3.32. The van der Waals surface area contributed by atoms with Gasteiger partial charge in [-0.25, -0.2) is 4.21 Å². The molecule has 1 aromatic carbocycles. The van der Waals surface area contributed by atoms with E-state index < -0.39 is 11.0 Å². The van der Waals surface area contributed by atoms with Gasteiger partial charge < -0.3 is 4.74 Å². The average molecular weight is 466 g/mol. The van der Waals surface area contributed by atoms with Gasteiger partial charge in [0.2, 0.25) is 0 Å². The lowest BCUT2D eigenvalue weighted by Crippen LogP contribution is -2.38. The number of hydrogen-bond donors (Lipinski definition) is 0. The first-order valence-electron chi connectivity index (χ1n) is 10.5. The van der Waals surface area contributed by atoms with Crippen LogP contribution < -0.4 is 0 Å². The zero-order valence-corrected chi connectivity index (χ0v) is 20.0. The van der Waals surface area contributed by atoms with Gasteiger partial charge in [0.15, 0.2) is 0 Å². The molecule has 154 valence electrons. The molecule has 4 rings (SSSR count). The quantitative estimate of drug-likeness (QED) is 0.550. The summed E-state index contributed by atoms with van der Waals surface area (Å²) in [6, 6.07) is 6.70. The minimum absolute atomic E-state index is 0.267. The molecule has 5 heteroatoms. The molecule has 0 saturated heterocycles. The van der Waals surface area contributed by atoms with Crippen LogP contribution in [0.3, 0.4) is 0 Å². The molecule has 3 nitrogen and oxygen atoms in total. The van der Waals surface area contributed by atoms with Gasteiger partial charge >= 0.3 is 0 Å². The third kappa shape index (κ3) is 3.79. The Morgan fingerprint density at radius 3 is 2.54 bits per heavy atom. The van der Waals surface area contributed by atoms with Crippen LogP contribution in [0.15, 0.2) is 27.1 Å². The topological polar surface area (TPSA) is 38.7 Å². The van der Waals surface area contributed by atoms with Crippen LogP contribution >= 0.6 is 15.9 Å². The second kappa shape index (κ2) is 7.31. The summed E-state index contributed by atoms with van der Waals surface area (Å²) in [4.78, 5) is 0. The largest absolute Gasteiger partial charge is 0.376 e. The molecule has 3 atom stereocenters. The number of rotatable bonds is 3. The number of hydrogen-bond acceptors (Lipinski definition) is 2. The molecule has 28 heavy (non-hydrogen) atoms. The van der Waals surface area contributed by atoms with Crippen molar-refractivity contribution < 1.29 is 8.95 Å². The fraction of sp³-hybridized carbons (Fsp3) is 0.696. The molecule has 0 radical (unpaired) electrons. The van der Waals surface area contributed by atoms with Gasteiger partial charge in [-0.15, -0.1) is 0 Å². The molecule has 0 heterocycles. The molecule has 3 aliphatic rings. The van der Waals surface area contributed by atoms with E-state index in [0.29, 0.717) is 24.0 Å². The van der Waals surface area contributed by atoms with E-state index in [4.69, 9.17) is 9.13 Å². The number of ether oxygens (including phenoxy) is 1. The fourth-order valence-electron chi connectivity index (χ4n) is 5.28. The maximum Gasteiger partial charge on any atom is 0.144 e. The lowest BCUT2D eigenvalue weighted by molar-refractivity contribution is -0.0397. The van der Waals surface area contributed by atoms with E-state index in [9.17, 15) is 4.21 Å². The highest BCUT2D eigenvalue weighted by atomic mass is 79.9. The first-order valence-corrected chi connectivity index (χ1v) is 12.4. The van der Waals surface area contributed by atoms with Crippen molar-refractivity contribution >= 4 is 32.6 Å². The van der Waals surface area contributed by atoms with E-state index in [1.54, 1.807) is 0 Å². The number of nitrogens with zero attached hydrogens (tertiary/aromatic N) is 1. The second-order valence-corrected chi connectivity index (χ2v) is 12.9. The predicted molar refractivity (Wildman–Crippen MR) is 120 cm³/mol. The van der Waals surface area contributed by atoms with Crippen molar-refractivity contribution in [3.8, 4) is 0 Å². The Morgan fingerprint density at radius 1 is 1.25 bits per heavy atom. The molecule has 0 amide bonds. The highest BCUT2D eigenvalue weighted by Gasteiger charge is 2.63. The smallest absolute Gasteiger partial charge is 0.144 e. The van der Waals surface area contributed by atoms with E-state index in [0.717, 1.165) is 23.7 Å². The van der Waals surface area contributed by atoms with Crippen molar-refractivity contribution in [2.75, 3.05) is 0 Å². The van der Waals surface area contributed by atoms with Crippen molar-refractivity contribution in [1.29, 1.82) is 0 Å². The van der Waals surface area contributed by atoms with E-state index in [-0.39, 0.29) is 10.2 Å². The van der Waals surface area contributed by atoms with E-state index in [1.165, 1.54) is 29.7 Å². The SMILES string of the molecule is CC(C)OC1CCC2(CC1)Cc1ccc(Br)cc1C1C(=NS(=O)C(C)(C)C)C12. The molecule has 1 aromatic rings. The zero-order valence-electron chi connectivity index (χ0n) is 17.6. The van der Waals surface area contributed by atoms with Gasteiger partial charge in [0.25, 0.3) is 0 Å². The summed E-state index contributed by atoms with van der Waals surface area (Å²) in [5.41, 5.74) is 4.31. The number of fused-ring (bicyclic) bond motifs is 4. The van der Waals surface area contributed by atoms with Gasteiger partial charge in [-0.1, -0.05) is 22.0 Å². The Bertz CT molecular complexity index is 818. The van der Waals surface area contributed by atoms with Crippen LogP contribution in [0, 0.1) is 11.3 Å². The second-order valence-electron chi connectivity index (χ2n) is 10.1. The van der Waals surface area contributed by atoms with E-state index in [2.05, 4.69) is 48.0 Å². The Kier molecular flexibility index (Phi) is 5.42. The van der Waals surface area contributed by atoms with Crippen LogP contribution in [0.2, 0.25) is 0 Å². The lowest BCUT2D eigenvalue weighted by atomic mass is 9.63. The van der Waals surface area contributed by atoms with Gasteiger partial charge in [-0.3, -0.25) is 0 Å². The van der Waals surface area contributed by atoms with Crippen LogP contribution in [0.25, 0.3) is 0 Å². The van der Waals surface area contributed by atoms with Crippen molar-refractivity contribution in [2.45, 2.75) is 89.6 Å². The third-order valence-electron chi connectivity index (χ3n) is 6.61. The Labute approximate surface area is 180 Å². The van der Waals surface area contributed by atoms with Gasteiger partial charge in [0.1, 0.15) is 11.0 Å². The van der Waals surface area contributed by atoms with Crippen molar-refractivity contribution in [1.82, 2.24) is 0 Å².